The van der Waals surface area contributed by atoms with E-state index in [9.17, 15) is 9.59 Å². The number of fused-ring (bicyclic) bond motifs is 1. The predicted molar refractivity (Wildman–Crippen MR) is 103 cm³/mol. The van der Waals surface area contributed by atoms with Gasteiger partial charge in [-0.15, -0.1) is 11.8 Å². The minimum absolute atomic E-state index is 0.0666. The molecular formula is C19H20N2O4S. The van der Waals surface area contributed by atoms with E-state index in [0.29, 0.717) is 47.4 Å². The molecule has 0 spiro atoms. The SMILES string of the molecule is CCOc1ccc(OCC)c(NC(=O)c2ccc3c(c2)NC(=O)CS3)c1. The minimum atomic E-state index is -0.285. The topological polar surface area (TPSA) is 76.7 Å². The van der Waals surface area contributed by atoms with E-state index in [-0.39, 0.29) is 11.8 Å². The monoisotopic (exact) mass is 372 g/mol. The molecule has 2 N–H and O–H groups in total. The van der Waals surface area contributed by atoms with Crippen molar-refractivity contribution in [2.45, 2.75) is 18.7 Å². The molecule has 0 bridgehead atoms. The zero-order valence-electron chi connectivity index (χ0n) is 14.6. The van der Waals surface area contributed by atoms with Gasteiger partial charge in [-0.05, 0) is 44.2 Å². The van der Waals surface area contributed by atoms with E-state index in [0.717, 1.165) is 4.90 Å². The molecule has 1 aliphatic rings. The Morgan fingerprint density at radius 3 is 2.73 bits per heavy atom. The van der Waals surface area contributed by atoms with Crippen LogP contribution in [0.15, 0.2) is 41.3 Å². The summed E-state index contributed by atoms with van der Waals surface area (Å²) < 4.78 is 11.1. The van der Waals surface area contributed by atoms with Gasteiger partial charge in [0.15, 0.2) is 0 Å². The molecule has 1 aliphatic heterocycles. The van der Waals surface area contributed by atoms with Crippen molar-refractivity contribution >= 4 is 35.0 Å². The molecule has 0 saturated heterocycles. The predicted octanol–water partition coefficient (Wildman–Crippen LogP) is 3.78. The Balaban J connectivity index is 1.84. The molecule has 3 rings (SSSR count). The van der Waals surface area contributed by atoms with Gasteiger partial charge in [0.1, 0.15) is 11.5 Å². The van der Waals surface area contributed by atoms with Crippen molar-refractivity contribution in [3.05, 3.63) is 42.0 Å². The zero-order valence-corrected chi connectivity index (χ0v) is 15.4. The largest absolute Gasteiger partial charge is 0.494 e. The van der Waals surface area contributed by atoms with Crippen molar-refractivity contribution in [3.8, 4) is 11.5 Å². The summed E-state index contributed by atoms with van der Waals surface area (Å²) >= 11 is 1.46. The van der Waals surface area contributed by atoms with Gasteiger partial charge in [-0.2, -0.15) is 0 Å². The summed E-state index contributed by atoms with van der Waals surface area (Å²) in [4.78, 5) is 25.2. The van der Waals surface area contributed by atoms with E-state index in [1.165, 1.54) is 11.8 Å². The Hall–Kier alpha value is -2.67. The summed E-state index contributed by atoms with van der Waals surface area (Å²) in [5.41, 5.74) is 1.65. The molecule has 0 saturated carbocycles. The second-order valence-electron chi connectivity index (χ2n) is 5.53. The Labute approximate surface area is 156 Å². The fourth-order valence-electron chi connectivity index (χ4n) is 2.56. The van der Waals surface area contributed by atoms with Gasteiger partial charge < -0.3 is 20.1 Å². The number of carbonyl (C=O) groups is 2. The van der Waals surface area contributed by atoms with Gasteiger partial charge in [0.05, 0.1) is 30.3 Å². The molecule has 0 radical (unpaired) electrons. The molecule has 2 aromatic rings. The van der Waals surface area contributed by atoms with Crippen LogP contribution in [0.5, 0.6) is 11.5 Å². The molecule has 0 unspecified atom stereocenters. The van der Waals surface area contributed by atoms with Crippen LogP contribution in [0, 0.1) is 0 Å². The fraction of sp³-hybridized carbons (Fsp3) is 0.263. The number of amides is 2. The third-order valence-corrected chi connectivity index (χ3v) is 4.76. The molecule has 1 heterocycles. The Morgan fingerprint density at radius 1 is 1.15 bits per heavy atom. The van der Waals surface area contributed by atoms with Crippen LogP contribution in [-0.4, -0.2) is 30.8 Å². The van der Waals surface area contributed by atoms with Crippen LogP contribution in [0.25, 0.3) is 0 Å². The van der Waals surface area contributed by atoms with E-state index in [2.05, 4.69) is 10.6 Å². The van der Waals surface area contributed by atoms with E-state index in [1.54, 1.807) is 30.3 Å². The smallest absolute Gasteiger partial charge is 0.255 e. The lowest BCUT2D eigenvalue weighted by Gasteiger charge is -2.17. The van der Waals surface area contributed by atoms with Gasteiger partial charge in [-0.3, -0.25) is 9.59 Å². The maximum absolute atomic E-state index is 12.7. The first-order chi connectivity index (χ1) is 12.6. The van der Waals surface area contributed by atoms with Crippen molar-refractivity contribution in [2.24, 2.45) is 0 Å². The van der Waals surface area contributed by atoms with E-state index >= 15 is 0 Å². The van der Waals surface area contributed by atoms with Crippen LogP contribution in [0.1, 0.15) is 24.2 Å². The Bertz CT molecular complexity index is 838. The second kappa shape index (κ2) is 8.14. The lowest BCUT2D eigenvalue weighted by Crippen LogP contribution is -2.20. The van der Waals surface area contributed by atoms with Crippen molar-refractivity contribution in [1.29, 1.82) is 0 Å². The average molecular weight is 372 g/mol. The summed E-state index contributed by atoms with van der Waals surface area (Å²) in [5.74, 6) is 1.27. The maximum Gasteiger partial charge on any atom is 0.255 e. The molecule has 0 aliphatic carbocycles. The highest BCUT2D eigenvalue weighted by Crippen LogP contribution is 2.33. The molecule has 7 heteroatoms. The summed E-state index contributed by atoms with van der Waals surface area (Å²) in [5, 5.41) is 5.66. The van der Waals surface area contributed by atoms with Crippen molar-refractivity contribution in [3.63, 3.8) is 0 Å². The Kier molecular flexibility index (Phi) is 5.68. The summed E-state index contributed by atoms with van der Waals surface area (Å²) in [6.07, 6.45) is 0. The minimum Gasteiger partial charge on any atom is -0.494 e. The number of hydrogen-bond acceptors (Lipinski definition) is 5. The van der Waals surface area contributed by atoms with Crippen molar-refractivity contribution < 1.29 is 19.1 Å². The molecule has 136 valence electrons. The number of hydrogen-bond donors (Lipinski definition) is 2. The number of ether oxygens (including phenoxy) is 2. The van der Waals surface area contributed by atoms with Gasteiger partial charge in [0, 0.05) is 16.5 Å². The number of rotatable bonds is 6. The van der Waals surface area contributed by atoms with Gasteiger partial charge in [0.25, 0.3) is 5.91 Å². The molecule has 0 fully saturated rings. The van der Waals surface area contributed by atoms with E-state index in [1.807, 2.05) is 19.9 Å². The molecule has 6 nitrogen and oxygen atoms in total. The van der Waals surface area contributed by atoms with Crippen LogP contribution in [0.3, 0.4) is 0 Å². The van der Waals surface area contributed by atoms with Crippen LogP contribution < -0.4 is 20.1 Å². The first kappa shape index (κ1) is 18.1. The van der Waals surface area contributed by atoms with Crippen LogP contribution in [0.2, 0.25) is 0 Å². The highest BCUT2D eigenvalue weighted by molar-refractivity contribution is 8.00. The summed E-state index contributed by atoms with van der Waals surface area (Å²) in [6.45, 7) is 4.79. The number of benzene rings is 2. The first-order valence-corrected chi connectivity index (χ1v) is 9.37. The second-order valence-corrected chi connectivity index (χ2v) is 6.54. The van der Waals surface area contributed by atoms with Gasteiger partial charge >= 0.3 is 0 Å². The van der Waals surface area contributed by atoms with E-state index < -0.39 is 0 Å². The van der Waals surface area contributed by atoms with Gasteiger partial charge in [-0.1, -0.05) is 0 Å². The third-order valence-electron chi connectivity index (χ3n) is 3.68. The maximum atomic E-state index is 12.7. The summed E-state index contributed by atoms with van der Waals surface area (Å²) in [7, 11) is 0. The number of nitrogens with one attached hydrogen (secondary N) is 2. The van der Waals surface area contributed by atoms with Crippen molar-refractivity contribution in [2.75, 3.05) is 29.6 Å². The van der Waals surface area contributed by atoms with E-state index in [4.69, 9.17) is 9.47 Å². The summed E-state index contributed by atoms with van der Waals surface area (Å²) in [6, 6.07) is 10.6. The lowest BCUT2D eigenvalue weighted by atomic mass is 10.1. The standard InChI is InChI=1S/C19H20N2O4S/c1-3-24-13-6-7-16(25-4-2)14(10-13)21-19(23)12-5-8-17-15(9-12)20-18(22)11-26-17/h5-10H,3-4,11H2,1-2H3,(H,20,22)(H,21,23). The molecule has 0 aromatic heterocycles. The highest BCUT2D eigenvalue weighted by Gasteiger charge is 2.18. The zero-order chi connectivity index (χ0) is 18.5. The van der Waals surface area contributed by atoms with Crippen LogP contribution >= 0.6 is 11.8 Å². The van der Waals surface area contributed by atoms with Gasteiger partial charge in [0.2, 0.25) is 5.91 Å². The highest BCUT2D eigenvalue weighted by atomic mass is 32.2. The Morgan fingerprint density at radius 2 is 1.96 bits per heavy atom. The molecule has 26 heavy (non-hydrogen) atoms. The molecule has 2 aromatic carbocycles. The van der Waals surface area contributed by atoms with Crippen LogP contribution in [-0.2, 0) is 4.79 Å². The third kappa shape index (κ3) is 4.11. The fourth-order valence-corrected chi connectivity index (χ4v) is 3.35. The quantitative estimate of drug-likeness (QED) is 0.807. The number of anilines is 2. The molecular weight excluding hydrogens is 352 g/mol. The number of carbonyl (C=O) groups excluding carboxylic acids is 2. The molecule has 0 atom stereocenters. The number of thioether (sulfide) groups is 1. The lowest BCUT2D eigenvalue weighted by molar-refractivity contribution is -0.113. The van der Waals surface area contributed by atoms with Crippen LogP contribution in [0.4, 0.5) is 11.4 Å². The first-order valence-electron chi connectivity index (χ1n) is 8.38. The molecule has 2 amide bonds. The van der Waals surface area contributed by atoms with Crippen molar-refractivity contribution in [1.82, 2.24) is 0 Å². The average Bonchev–Trinajstić information content (AvgIpc) is 2.63. The van der Waals surface area contributed by atoms with Gasteiger partial charge in [-0.25, -0.2) is 0 Å². The normalized spacial score (nSPS) is 12.8.